The van der Waals surface area contributed by atoms with Crippen molar-refractivity contribution in [3.05, 3.63) is 47.0 Å². The van der Waals surface area contributed by atoms with Gasteiger partial charge in [0, 0.05) is 24.4 Å². The van der Waals surface area contributed by atoms with Crippen LogP contribution in [0.4, 0.5) is 9.93 Å². The van der Waals surface area contributed by atoms with Crippen LogP contribution in [-0.2, 0) is 32.2 Å². The summed E-state index contributed by atoms with van der Waals surface area (Å²) in [5, 5.41) is 20.6. The lowest BCUT2D eigenvalue weighted by molar-refractivity contribution is -0.151. The number of nitrogens with one attached hydrogen (secondary N) is 2. The molecule has 0 radical (unpaired) electrons. The van der Waals surface area contributed by atoms with E-state index < -0.39 is 29.7 Å². The molecule has 5 N–H and O–H groups in total. The highest BCUT2D eigenvalue weighted by molar-refractivity contribution is 7.13. The summed E-state index contributed by atoms with van der Waals surface area (Å²) >= 11 is 1.32. The van der Waals surface area contributed by atoms with Gasteiger partial charge in [0.15, 0.2) is 5.13 Å². The van der Waals surface area contributed by atoms with Gasteiger partial charge in [0.05, 0.1) is 5.69 Å². The minimum atomic E-state index is -2.09. The summed E-state index contributed by atoms with van der Waals surface area (Å²) in [6, 6.07) is 8.93. The number of thiazole rings is 1. The molecule has 11 nitrogen and oxygen atoms in total. The Kier molecular flexibility index (Phi) is 8.19. The molecule has 1 aromatic heterocycles. The summed E-state index contributed by atoms with van der Waals surface area (Å²) in [7, 11) is 0. The Morgan fingerprint density at radius 3 is 2.67 bits per heavy atom. The van der Waals surface area contributed by atoms with Crippen LogP contribution in [0.25, 0.3) is 0 Å². The van der Waals surface area contributed by atoms with E-state index in [1.807, 2.05) is 11.4 Å². The SMILES string of the molecule is Nc1nc(CCCCC(NC(=O)OCc2ccccc2)(NC(=O)C2CC=NO2)C(=O)O)cs1. The minimum Gasteiger partial charge on any atom is -0.478 e. The van der Waals surface area contributed by atoms with E-state index in [1.165, 1.54) is 17.6 Å². The number of nitrogen functional groups attached to an aromatic ring is 1. The fourth-order valence-electron chi connectivity index (χ4n) is 3.18. The van der Waals surface area contributed by atoms with Gasteiger partial charge >= 0.3 is 12.1 Å². The first kappa shape index (κ1) is 24.0. The quantitative estimate of drug-likeness (QED) is 0.283. The normalized spacial score (nSPS) is 16.4. The molecule has 0 bridgehead atoms. The van der Waals surface area contributed by atoms with Crippen molar-refractivity contribution in [1.82, 2.24) is 15.6 Å². The molecule has 1 aliphatic heterocycles. The van der Waals surface area contributed by atoms with E-state index >= 15 is 0 Å². The Morgan fingerprint density at radius 1 is 1.24 bits per heavy atom. The number of benzene rings is 1. The number of amides is 2. The van der Waals surface area contributed by atoms with Crippen molar-refractivity contribution < 1.29 is 29.1 Å². The Balaban J connectivity index is 1.65. The second-order valence-electron chi connectivity index (χ2n) is 7.39. The predicted octanol–water partition coefficient (Wildman–Crippen LogP) is 2.04. The first-order valence-electron chi connectivity index (χ1n) is 10.3. The number of carboxylic acids is 1. The molecule has 0 saturated heterocycles. The molecule has 2 amide bonds. The molecule has 0 aliphatic carbocycles. The summed E-state index contributed by atoms with van der Waals surface area (Å²) in [4.78, 5) is 46.4. The van der Waals surface area contributed by atoms with Gasteiger partial charge < -0.3 is 25.7 Å². The van der Waals surface area contributed by atoms with Crippen molar-refractivity contribution in [2.45, 2.75) is 50.5 Å². The third-order valence-corrected chi connectivity index (χ3v) is 5.63. The maximum atomic E-state index is 12.6. The van der Waals surface area contributed by atoms with Crippen molar-refractivity contribution in [3.63, 3.8) is 0 Å². The number of oxime groups is 1. The van der Waals surface area contributed by atoms with Crippen molar-refractivity contribution in [3.8, 4) is 0 Å². The van der Waals surface area contributed by atoms with Crippen LogP contribution in [0, 0.1) is 0 Å². The molecule has 12 heteroatoms. The summed E-state index contributed by atoms with van der Waals surface area (Å²) in [5.74, 6) is -2.13. The van der Waals surface area contributed by atoms with Crippen LogP contribution < -0.4 is 16.4 Å². The van der Waals surface area contributed by atoms with E-state index in [4.69, 9.17) is 15.3 Å². The molecular weight excluding hydrogens is 450 g/mol. The van der Waals surface area contributed by atoms with Crippen molar-refractivity contribution in [1.29, 1.82) is 0 Å². The van der Waals surface area contributed by atoms with Crippen LogP contribution in [0.15, 0.2) is 40.9 Å². The number of alkyl carbamates (subject to hydrolysis) is 1. The van der Waals surface area contributed by atoms with E-state index in [-0.39, 0.29) is 19.4 Å². The molecule has 0 fully saturated rings. The van der Waals surface area contributed by atoms with Gasteiger partial charge in [-0.3, -0.25) is 10.1 Å². The summed E-state index contributed by atoms with van der Waals surface area (Å²) in [6.45, 7) is -0.0544. The summed E-state index contributed by atoms with van der Waals surface area (Å²) < 4.78 is 5.18. The minimum absolute atomic E-state index is 0.0544. The van der Waals surface area contributed by atoms with Gasteiger partial charge in [-0.2, -0.15) is 0 Å². The molecule has 0 saturated carbocycles. The number of carboxylic acid groups (broad SMARTS) is 1. The zero-order valence-electron chi connectivity index (χ0n) is 17.7. The molecule has 1 aromatic carbocycles. The van der Waals surface area contributed by atoms with Gasteiger partial charge in [-0.05, 0) is 24.8 Å². The molecule has 2 aromatic rings. The maximum Gasteiger partial charge on any atom is 0.409 e. The number of carbonyl (C=O) groups excluding carboxylic acids is 2. The molecule has 2 unspecified atom stereocenters. The van der Waals surface area contributed by atoms with Gasteiger partial charge in [0.2, 0.25) is 11.8 Å². The van der Waals surface area contributed by atoms with Crippen molar-refractivity contribution in [2.75, 3.05) is 5.73 Å². The number of aromatic nitrogens is 1. The van der Waals surface area contributed by atoms with Crippen LogP contribution in [0.1, 0.15) is 36.9 Å². The van der Waals surface area contributed by atoms with Crippen LogP contribution in [0.3, 0.4) is 0 Å². The molecule has 2 heterocycles. The topological polar surface area (TPSA) is 165 Å². The zero-order valence-corrected chi connectivity index (χ0v) is 18.5. The van der Waals surface area contributed by atoms with Crippen LogP contribution >= 0.6 is 11.3 Å². The number of aryl methyl sites for hydroxylation is 1. The van der Waals surface area contributed by atoms with Crippen molar-refractivity contribution in [2.24, 2.45) is 5.16 Å². The van der Waals surface area contributed by atoms with Crippen molar-refractivity contribution >= 4 is 40.7 Å². The van der Waals surface area contributed by atoms with Gasteiger partial charge in [-0.1, -0.05) is 35.5 Å². The lowest BCUT2D eigenvalue weighted by Gasteiger charge is -2.31. The number of rotatable bonds is 11. The Hall–Kier alpha value is -3.67. The van der Waals surface area contributed by atoms with E-state index in [1.54, 1.807) is 24.3 Å². The number of unbranched alkanes of at least 4 members (excludes halogenated alkanes) is 1. The predicted molar refractivity (Wildman–Crippen MR) is 120 cm³/mol. The first-order valence-corrected chi connectivity index (χ1v) is 11.2. The Labute approximate surface area is 194 Å². The average molecular weight is 476 g/mol. The molecule has 33 heavy (non-hydrogen) atoms. The molecule has 3 rings (SSSR count). The molecule has 1 aliphatic rings. The number of hydrogen-bond donors (Lipinski definition) is 4. The third kappa shape index (κ3) is 6.91. The van der Waals surface area contributed by atoms with Gasteiger partial charge in [0.25, 0.3) is 5.91 Å². The Morgan fingerprint density at radius 2 is 2.03 bits per heavy atom. The number of nitrogens with zero attached hydrogens (tertiary/aromatic N) is 2. The lowest BCUT2D eigenvalue weighted by atomic mass is 10.00. The highest BCUT2D eigenvalue weighted by Crippen LogP contribution is 2.18. The third-order valence-electron chi connectivity index (χ3n) is 4.91. The fourth-order valence-corrected chi connectivity index (χ4v) is 3.78. The van der Waals surface area contributed by atoms with E-state index in [0.29, 0.717) is 24.4 Å². The smallest absolute Gasteiger partial charge is 0.409 e. The van der Waals surface area contributed by atoms with Crippen LogP contribution in [-0.4, -0.2) is 46.0 Å². The molecule has 176 valence electrons. The fraction of sp³-hybridized carbons (Fsp3) is 0.381. The summed E-state index contributed by atoms with van der Waals surface area (Å²) in [5.41, 5.74) is 5.08. The number of aliphatic carboxylic acids is 1. The number of ether oxygens (including phenoxy) is 1. The van der Waals surface area contributed by atoms with E-state index in [9.17, 15) is 19.5 Å². The van der Waals surface area contributed by atoms with Crippen LogP contribution in [0.2, 0.25) is 0 Å². The van der Waals surface area contributed by atoms with E-state index in [2.05, 4.69) is 20.8 Å². The number of hydrogen-bond acceptors (Lipinski definition) is 9. The van der Waals surface area contributed by atoms with Gasteiger partial charge in [-0.15, -0.1) is 11.3 Å². The number of carbonyl (C=O) groups is 3. The zero-order chi connectivity index (χ0) is 23.7. The average Bonchev–Trinajstić information content (AvgIpc) is 3.48. The second-order valence-corrected chi connectivity index (χ2v) is 8.28. The number of anilines is 1. The Bertz CT molecular complexity index is 990. The highest BCUT2D eigenvalue weighted by atomic mass is 32.1. The highest BCUT2D eigenvalue weighted by Gasteiger charge is 2.43. The van der Waals surface area contributed by atoms with Gasteiger partial charge in [-0.25, -0.2) is 14.6 Å². The van der Waals surface area contributed by atoms with Gasteiger partial charge in [0.1, 0.15) is 6.61 Å². The molecular formula is C21H25N5O6S. The molecule has 2 atom stereocenters. The monoisotopic (exact) mass is 475 g/mol. The molecule has 0 spiro atoms. The lowest BCUT2D eigenvalue weighted by Crippen LogP contribution is -2.66. The number of nitrogens with two attached hydrogens (primary N) is 1. The summed E-state index contributed by atoms with van der Waals surface area (Å²) in [6.07, 6.45) is 1.10. The maximum absolute atomic E-state index is 12.6. The first-order chi connectivity index (χ1) is 15.9. The van der Waals surface area contributed by atoms with Crippen LogP contribution in [0.5, 0.6) is 0 Å². The van der Waals surface area contributed by atoms with E-state index in [0.717, 1.165) is 11.3 Å². The second kappa shape index (κ2) is 11.3. The largest absolute Gasteiger partial charge is 0.478 e. The standard InChI is InChI=1S/C21H25N5O6S/c22-19-24-15(13-33-19)8-4-5-10-21(18(28)29,25-17(27)16-9-11-23-32-16)26-20(30)31-12-14-6-2-1-3-7-14/h1-3,6-7,11,13,16H,4-5,8-10,12H2,(H2,22,24)(H,25,27)(H,26,30)(H,28,29).